The Balaban J connectivity index is 2.49. The van der Waals surface area contributed by atoms with Gasteiger partial charge in [0.1, 0.15) is 0 Å². The lowest BCUT2D eigenvalue weighted by atomic mass is 10.1. The molecule has 0 amide bonds. The predicted octanol–water partition coefficient (Wildman–Crippen LogP) is 1.41. The molecule has 0 aromatic rings. The Labute approximate surface area is 86.4 Å². The van der Waals surface area contributed by atoms with Crippen molar-refractivity contribution in [3.05, 3.63) is 0 Å². The van der Waals surface area contributed by atoms with E-state index in [1.165, 1.54) is 6.07 Å². The molecule has 0 spiro atoms. The Morgan fingerprint density at radius 2 is 2.27 bits per heavy atom. The summed E-state index contributed by atoms with van der Waals surface area (Å²) in [6.45, 7) is 2.89. The van der Waals surface area contributed by atoms with Gasteiger partial charge in [-0.15, -0.1) is 0 Å². The molecule has 6 heteroatoms. The van der Waals surface area contributed by atoms with Crippen molar-refractivity contribution in [1.82, 2.24) is 4.90 Å². The molecular weight excluding hydrogens is 209 g/mol. The van der Waals surface area contributed by atoms with Crippen molar-refractivity contribution in [3.8, 4) is 6.07 Å². The lowest BCUT2D eigenvalue weighted by Crippen LogP contribution is -2.45. The third kappa shape index (κ3) is 3.68. The SMILES string of the molecule is CC1CN(CC(C#N)C(F)(F)F)CCO1. The van der Waals surface area contributed by atoms with Gasteiger partial charge in [0.25, 0.3) is 0 Å². The first-order chi connectivity index (χ1) is 6.93. The number of nitriles is 1. The van der Waals surface area contributed by atoms with Crippen LogP contribution >= 0.6 is 0 Å². The minimum Gasteiger partial charge on any atom is -0.376 e. The average Bonchev–Trinajstić information content (AvgIpc) is 2.12. The van der Waals surface area contributed by atoms with Gasteiger partial charge in [0.2, 0.25) is 0 Å². The molecule has 1 aliphatic heterocycles. The maximum Gasteiger partial charge on any atom is 0.405 e. The molecule has 0 N–H and O–H groups in total. The summed E-state index contributed by atoms with van der Waals surface area (Å²) in [5.74, 6) is -1.90. The van der Waals surface area contributed by atoms with E-state index in [0.717, 1.165) is 0 Å². The molecule has 2 unspecified atom stereocenters. The molecule has 3 nitrogen and oxygen atoms in total. The molecule has 0 bridgehead atoms. The summed E-state index contributed by atoms with van der Waals surface area (Å²) in [5.41, 5.74) is 0. The van der Waals surface area contributed by atoms with Crippen LogP contribution in [-0.2, 0) is 4.74 Å². The third-order valence-corrected chi connectivity index (χ3v) is 2.32. The van der Waals surface area contributed by atoms with Crippen molar-refractivity contribution in [2.24, 2.45) is 5.92 Å². The lowest BCUT2D eigenvalue weighted by molar-refractivity contribution is -0.166. The minimum absolute atomic E-state index is 0.0636. The highest BCUT2D eigenvalue weighted by atomic mass is 19.4. The van der Waals surface area contributed by atoms with Crippen LogP contribution in [0.5, 0.6) is 0 Å². The van der Waals surface area contributed by atoms with Crippen LogP contribution in [0.2, 0.25) is 0 Å². The van der Waals surface area contributed by atoms with E-state index in [1.54, 1.807) is 11.8 Å². The van der Waals surface area contributed by atoms with E-state index in [9.17, 15) is 13.2 Å². The van der Waals surface area contributed by atoms with Gasteiger partial charge in [-0.05, 0) is 6.92 Å². The van der Waals surface area contributed by atoms with Gasteiger partial charge in [0.15, 0.2) is 5.92 Å². The Bertz CT molecular complexity index is 249. The van der Waals surface area contributed by atoms with E-state index in [1.807, 2.05) is 0 Å². The lowest BCUT2D eigenvalue weighted by Gasteiger charge is -2.32. The van der Waals surface area contributed by atoms with Gasteiger partial charge >= 0.3 is 6.18 Å². The van der Waals surface area contributed by atoms with Gasteiger partial charge in [-0.3, -0.25) is 4.90 Å². The number of alkyl halides is 3. The maximum absolute atomic E-state index is 12.3. The summed E-state index contributed by atoms with van der Waals surface area (Å²) in [4.78, 5) is 1.62. The summed E-state index contributed by atoms with van der Waals surface area (Å²) < 4.78 is 42.1. The number of rotatable bonds is 2. The molecule has 1 saturated heterocycles. The van der Waals surface area contributed by atoms with Crippen molar-refractivity contribution in [1.29, 1.82) is 5.26 Å². The van der Waals surface area contributed by atoms with Crippen molar-refractivity contribution in [3.63, 3.8) is 0 Å². The van der Waals surface area contributed by atoms with Gasteiger partial charge in [-0.25, -0.2) is 0 Å². The molecule has 0 saturated carbocycles. The molecule has 0 aliphatic carbocycles. The fraction of sp³-hybridized carbons (Fsp3) is 0.889. The molecule has 1 fully saturated rings. The normalized spacial score (nSPS) is 25.9. The second-order valence-electron chi connectivity index (χ2n) is 3.66. The van der Waals surface area contributed by atoms with E-state index in [4.69, 9.17) is 10.00 Å². The van der Waals surface area contributed by atoms with Crippen molar-refractivity contribution < 1.29 is 17.9 Å². The predicted molar refractivity (Wildman–Crippen MR) is 47.0 cm³/mol. The number of morpholine rings is 1. The molecule has 1 aliphatic rings. The zero-order chi connectivity index (χ0) is 11.5. The number of ether oxygens (including phenoxy) is 1. The first kappa shape index (κ1) is 12.3. The summed E-state index contributed by atoms with van der Waals surface area (Å²) in [7, 11) is 0. The fourth-order valence-corrected chi connectivity index (χ4v) is 1.53. The number of nitrogens with zero attached hydrogens (tertiary/aromatic N) is 2. The molecule has 0 aromatic heterocycles. The molecule has 2 atom stereocenters. The largest absolute Gasteiger partial charge is 0.405 e. The Morgan fingerprint density at radius 3 is 2.73 bits per heavy atom. The highest BCUT2D eigenvalue weighted by molar-refractivity contribution is 4.91. The number of hydrogen-bond donors (Lipinski definition) is 0. The quantitative estimate of drug-likeness (QED) is 0.708. The molecule has 86 valence electrons. The third-order valence-electron chi connectivity index (χ3n) is 2.32. The first-order valence-electron chi connectivity index (χ1n) is 4.73. The smallest absolute Gasteiger partial charge is 0.376 e. The van der Waals surface area contributed by atoms with Gasteiger partial charge in [0, 0.05) is 19.6 Å². The van der Waals surface area contributed by atoms with E-state index in [2.05, 4.69) is 0 Å². The van der Waals surface area contributed by atoms with Crippen LogP contribution in [0.4, 0.5) is 13.2 Å². The zero-order valence-electron chi connectivity index (χ0n) is 8.42. The number of halogens is 3. The van der Waals surface area contributed by atoms with Crippen LogP contribution in [0.15, 0.2) is 0 Å². The Morgan fingerprint density at radius 1 is 1.60 bits per heavy atom. The summed E-state index contributed by atoms with van der Waals surface area (Å²) in [6.07, 6.45) is -4.50. The minimum atomic E-state index is -4.43. The van der Waals surface area contributed by atoms with Crippen LogP contribution < -0.4 is 0 Å². The van der Waals surface area contributed by atoms with E-state index >= 15 is 0 Å². The van der Waals surface area contributed by atoms with Crippen LogP contribution in [-0.4, -0.2) is 43.4 Å². The van der Waals surface area contributed by atoms with E-state index in [0.29, 0.717) is 19.7 Å². The topological polar surface area (TPSA) is 36.3 Å². The summed E-state index contributed by atoms with van der Waals surface area (Å²) >= 11 is 0. The molecule has 1 rings (SSSR count). The second-order valence-corrected chi connectivity index (χ2v) is 3.66. The van der Waals surface area contributed by atoms with Gasteiger partial charge < -0.3 is 4.74 Å². The van der Waals surface area contributed by atoms with Crippen LogP contribution in [0, 0.1) is 17.2 Å². The summed E-state index contributed by atoms with van der Waals surface area (Å²) in [6, 6.07) is 1.30. The number of hydrogen-bond acceptors (Lipinski definition) is 3. The molecular formula is C9H13F3N2O. The molecule has 15 heavy (non-hydrogen) atoms. The molecule has 0 radical (unpaired) electrons. The van der Waals surface area contributed by atoms with Gasteiger partial charge in [-0.2, -0.15) is 18.4 Å². The van der Waals surface area contributed by atoms with Crippen LogP contribution in [0.3, 0.4) is 0 Å². The van der Waals surface area contributed by atoms with Crippen molar-refractivity contribution in [2.75, 3.05) is 26.2 Å². The van der Waals surface area contributed by atoms with Gasteiger partial charge in [0.05, 0.1) is 18.8 Å². The molecule has 0 aromatic carbocycles. The average molecular weight is 222 g/mol. The zero-order valence-corrected chi connectivity index (χ0v) is 8.42. The monoisotopic (exact) mass is 222 g/mol. The van der Waals surface area contributed by atoms with E-state index in [-0.39, 0.29) is 12.6 Å². The fourth-order valence-electron chi connectivity index (χ4n) is 1.53. The second kappa shape index (κ2) is 4.81. The Kier molecular flexibility index (Phi) is 3.94. The van der Waals surface area contributed by atoms with Crippen molar-refractivity contribution >= 4 is 0 Å². The highest BCUT2D eigenvalue weighted by Crippen LogP contribution is 2.26. The van der Waals surface area contributed by atoms with Crippen LogP contribution in [0.1, 0.15) is 6.92 Å². The van der Waals surface area contributed by atoms with Crippen molar-refractivity contribution in [2.45, 2.75) is 19.2 Å². The first-order valence-corrected chi connectivity index (χ1v) is 4.73. The van der Waals surface area contributed by atoms with E-state index < -0.39 is 12.1 Å². The highest BCUT2D eigenvalue weighted by Gasteiger charge is 2.41. The standard InChI is InChI=1S/C9H13F3N2O/c1-7-5-14(2-3-15-7)6-8(4-13)9(10,11)12/h7-8H,2-3,5-6H2,1H3. The summed E-state index contributed by atoms with van der Waals surface area (Å²) in [5, 5.41) is 8.43. The molecule has 1 heterocycles. The van der Waals surface area contributed by atoms with Crippen LogP contribution in [0.25, 0.3) is 0 Å². The van der Waals surface area contributed by atoms with Gasteiger partial charge in [-0.1, -0.05) is 0 Å². The maximum atomic E-state index is 12.3. The Hall–Kier alpha value is -0.800.